The van der Waals surface area contributed by atoms with Crippen molar-refractivity contribution in [1.29, 1.82) is 0 Å². The summed E-state index contributed by atoms with van der Waals surface area (Å²) < 4.78 is 7.20. The average Bonchev–Trinajstić information content (AvgIpc) is 3.22. The Morgan fingerprint density at radius 2 is 2.24 bits per heavy atom. The van der Waals surface area contributed by atoms with Gasteiger partial charge in [-0.05, 0) is 31.5 Å². The molecule has 0 spiro atoms. The van der Waals surface area contributed by atoms with E-state index in [2.05, 4.69) is 22.1 Å². The van der Waals surface area contributed by atoms with Crippen molar-refractivity contribution < 1.29 is 9.53 Å². The van der Waals surface area contributed by atoms with Gasteiger partial charge in [0.15, 0.2) is 0 Å². The largest absolute Gasteiger partial charge is 0.383 e. The van der Waals surface area contributed by atoms with E-state index in [0.29, 0.717) is 19.1 Å². The molecule has 1 aromatic heterocycles. The first kappa shape index (κ1) is 17.9. The van der Waals surface area contributed by atoms with Gasteiger partial charge in [-0.1, -0.05) is 19.1 Å². The normalized spacial score (nSPS) is 18.1. The van der Waals surface area contributed by atoms with Crippen LogP contribution in [0.25, 0.3) is 11.0 Å². The number of ether oxygens (including phenoxy) is 1. The van der Waals surface area contributed by atoms with Crippen molar-refractivity contribution in [2.24, 2.45) is 0 Å². The van der Waals surface area contributed by atoms with Crippen LogP contribution in [0.15, 0.2) is 24.3 Å². The van der Waals surface area contributed by atoms with Gasteiger partial charge in [0.1, 0.15) is 12.4 Å². The zero-order valence-electron chi connectivity index (χ0n) is 15.2. The molecule has 2 aromatic rings. The lowest BCUT2D eigenvalue weighted by Crippen LogP contribution is -2.42. The number of methoxy groups -OCH3 is 1. The molecule has 1 aliphatic rings. The standard InChI is InChI=1S/C19H28N4O2/c1-3-18-21-16-8-4-5-9-17(16)23(18)14-19(24)20-13-15-7-6-10-22(15)11-12-25-2/h4-5,8-9,15H,3,6-7,10-14H2,1-2H3,(H,20,24)/t15-/m0/s1. The number of carbonyl (C=O) groups excluding carboxylic acids is 1. The van der Waals surface area contributed by atoms with Gasteiger partial charge in [-0.2, -0.15) is 0 Å². The second kappa shape index (κ2) is 8.45. The van der Waals surface area contributed by atoms with Gasteiger partial charge >= 0.3 is 0 Å². The Hall–Kier alpha value is -1.92. The molecule has 6 heteroatoms. The zero-order valence-corrected chi connectivity index (χ0v) is 15.2. The van der Waals surface area contributed by atoms with Crippen molar-refractivity contribution in [3.05, 3.63) is 30.1 Å². The molecule has 6 nitrogen and oxygen atoms in total. The van der Waals surface area contributed by atoms with Crippen LogP contribution in [0.5, 0.6) is 0 Å². The molecule has 0 radical (unpaired) electrons. The van der Waals surface area contributed by atoms with Crippen molar-refractivity contribution in [1.82, 2.24) is 19.8 Å². The monoisotopic (exact) mass is 344 g/mol. The van der Waals surface area contributed by atoms with E-state index in [9.17, 15) is 4.79 Å². The van der Waals surface area contributed by atoms with Crippen LogP contribution in [0.4, 0.5) is 0 Å². The Labute approximate surface area is 149 Å². The lowest BCUT2D eigenvalue weighted by atomic mass is 10.2. The number of benzene rings is 1. The number of imidazole rings is 1. The molecule has 0 unspecified atom stereocenters. The summed E-state index contributed by atoms with van der Waals surface area (Å²) in [5.74, 6) is 1.01. The molecule has 0 saturated carbocycles. The minimum absolute atomic E-state index is 0.0523. The Balaban J connectivity index is 1.59. The van der Waals surface area contributed by atoms with Gasteiger partial charge in [-0.15, -0.1) is 0 Å². The van der Waals surface area contributed by atoms with Crippen molar-refractivity contribution in [2.45, 2.75) is 38.8 Å². The topological polar surface area (TPSA) is 59.4 Å². The zero-order chi connectivity index (χ0) is 17.6. The summed E-state index contributed by atoms with van der Waals surface area (Å²) in [6.07, 6.45) is 3.14. The number of aromatic nitrogens is 2. The number of nitrogens with zero attached hydrogens (tertiary/aromatic N) is 3. The highest BCUT2D eigenvalue weighted by Gasteiger charge is 2.24. The summed E-state index contributed by atoms with van der Waals surface area (Å²) >= 11 is 0. The number of fused-ring (bicyclic) bond motifs is 1. The predicted molar refractivity (Wildman–Crippen MR) is 98.6 cm³/mol. The highest BCUT2D eigenvalue weighted by atomic mass is 16.5. The van der Waals surface area contributed by atoms with Crippen molar-refractivity contribution >= 4 is 16.9 Å². The molecule has 1 amide bonds. The summed E-state index contributed by atoms with van der Waals surface area (Å²) in [7, 11) is 1.73. The van der Waals surface area contributed by atoms with E-state index >= 15 is 0 Å². The summed E-state index contributed by atoms with van der Waals surface area (Å²) in [4.78, 5) is 19.5. The molecule has 0 aliphatic carbocycles. The van der Waals surface area contributed by atoms with Gasteiger partial charge in [-0.3, -0.25) is 9.69 Å². The molecule has 1 fully saturated rings. The first-order valence-electron chi connectivity index (χ1n) is 9.16. The number of amides is 1. The maximum absolute atomic E-state index is 12.5. The molecular formula is C19H28N4O2. The minimum Gasteiger partial charge on any atom is -0.383 e. The lowest BCUT2D eigenvalue weighted by molar-refractivity contribution is -0.121. The van der Waals surface area contributed by atoms with Crippen molar-refractivity contribution in [3.63, 3.8) is 0 Å². The number of likely N-dealkylation sites (tertiary alicyclic amines) is 1. The van der Waals surface area contributed by atoms with Gasteiger partial charge in [0.05, 0.1) is 17.6 Å². The molecule has 1 atom stereocenters. The van der Waals surface area contributed by atoms with Crippen LogP contribution in [0.2, 0.25) is 0 Å². The first-order valence-corrected chi connectivity index (χ1v) is 9.16. The lowest BCUT2D eigenvalue weighted by Gasteiger charge is -2.24. The fourth-order valence-corrected chi connectivity index (χ4v) is 3.63. The molecule has 1 saturated heterocycles. The smallest absolute Gasteiger partial charge is 0.240 e. The fraction of sp³-hybridized carbons (Fsp3) is 0.579. The number of hydrogen-bond donors (Lipinski definition) is 1. The molecule has 25 heavy (non-hydrogen) atoms. The molecule has 3 rings (SSSR count). The van der Waals surface area contributed by atoms with Crippen LogP contribution in [0.1, 0.15) is 25.6 Å². The quantitative estimate of drug-likeness (QED) is 0.794. The van der Waals surface area contributed by atoms with E-state index in [1.54, 1.807) is 7.11 Å². The third-order valence-electron chi connectivity index (χ3n) is 4.97. The van der Waals surface area contributed by atoms with Gasteiger partial charge in [0.2, 0.25) is 5.91 Å². The maximum Gasteiger partial charge on any atom is 0.240 e. The number of nitrogens with one attached hydrogen (secondary N) is 1. The SMILES string of the molecule is CCc1nc2ccccc2n1CC(=O)NC[C@@H]1CCCN1CCOC. The molecule has 1 aromatic carbocycles. The Bertz CT molecular complexity index is 713. The summed E-state index contributed by atoms with van der Waals surface area (Å²) in [6.45, 7) is 5.87. The van der Waals surface area contributed by atoms with E-state index < -0.39 is 0 Å². The van der Waals surface area contributed by atoms with E-state index in [1.165, 1.54) is 6.42 Å². The van der Waals surface area contributed by atoms with E-state index in [-0.39, 0.29) is 5.91 Å². The second-order valence-electron chi connectivity index (χ2n) is 6.59. The third kappa shape index (κ3) is 4.19. The van der Waals surface area contributed by atoms with Crippen LogP contribution in [-0.4, -0.2) is 59.8 Å². The average molecular weight is 344 g/mol. The number of rotatable bonds is 8. The third-order valence-corrected chi connectivity index (χ3v) is 4.97. The summed E-state index contributed by atoms with van der Waals surface area (Å²) in [6, 6.07) is 8.41. The number of aryl methyl sites for hydroxylation is 1. The molecule has 1 aliphatic heterocycles. The predicted octanol–water partition coefficient (Wildman–Crippen LogP) is 1.83. The van der Waals surface area contributed by atoms with Crippen LogP contribution >= 0.6 is 0 Å². The van der Waals surface area contributed by atoms with Gasteiger partial charge < -0.3 is 14.6 Å². The number of carbonyl (C=O) groups is 1. The number of para-hydroxylation sites is 2. The van der Waals surface area contributed by atoms with Gasteiger partial charge in [-0.25, -0.2) is 4.98 Å². The Morgan fingerprint density at radius 1 is 1.40 bits per heavy atom. The molecule has 1 N–H and O–H groups in total. The Morgan fingerprint density at radius 3 is 3.04 bits per heavy atom. The van der Waals surface area contributed by atoms with Crippen molar-refractivity contribution in [2.75, 3.05) is 33.4 Å². The van der Waals surface area contributed by atoms with Crippen LogP contribution in [-0.2, 0) is 22.5 Å². The van der Waals surface area contributed by atoms with Crippen LogP contribution in [0.3, 0.4) is 0 Å². The second-order valence-corrected chi connectivity index (χ2v) is 6.59. The van der Waals surface area contributed by atoms with Gasteiger partial charge in [0, 0.05) is 32.7 Å². The van der Waals surface area contributed by atoms with Crippen LogP contribution in [0, 0.1) is 0 Å². The highest BCUT2D eigenvalue weighted by Crippen LogP contribution is 2.17. The van der Waals surface area contributed by atoms with Crippen molar-refractivity contribution in [3.8, 4) is 0 Å². The van der Waals surface area contributed by atoms with E-state index in [4.69, 9.17) is 4.74 Å². The highest BCUT2D eigenvalue weighted by molar-refractivity contribution is 5.81. The number of hydrogen-bond acceptors (Lipinski definition) is 4. The summed E-state index contributed by atoms with van der Waals surface area (Å²) in [5, 5.41) is 3.12. The minimum atomic E-state index is 0.0523. The molecule has 2 heterocycles. The van der Waals surface area contributed by atoms with Gasteiger partial charge in [0.25, 0.3) is 0 Å². The van der Waals surface area contributed by atoms with Crippen LogP contribution < -0.4 is 5.32 Å². The first-order chi connectivity index (χ1) is 12.2. The maximum atomic E-state index is 12.5. The summed E-state index contributed by atoms with van der Waals surface area (Å²) in [5.41, 5.74) is 1.98. The Kier molecular flexibility index (Phi) is 6.04. The van der Waals surface area contributed by atoms with E-state index in [0.717, 1.165) is 49.4 Å². The van der Waals surface area contributed by atoms with E-state index in [1.807, 2.05) is 28.8 Å². The molecule has 136 valence electrons. The molecular weight excluding hydrogens is 316 g/mol. The fourth-order valence-electron chi connectivity index (χ4n) is 3.63. The molecule has 0 bridgehead atoms.